The van der Waals surface area contributed by atoms with E-state index in [9.17, 15) is 4.39 Å². The van der Waals surface area contributed by atoms with Gasteiger partial charge in [0.05, 0.1) is 10.0 Å². The average molecular weight is 287 g/mol. The zero-order chi connectivity index (χ0) is 11.6. The molecule has 0 heterocycles. The number of rotatable bonds is 3. The van der Waals surface area contributed by atoms with E-state index in [0.717, 1.165) is 0 Å². The zero-order valence-corrected chi connectivity index (χ0v) is 11.5. The van der Waals surface area contributed by atoms with E-state index in [1.165, 1.54) is 12.1 Å². The first-order chi connectivity index (χ1) is 6.93. The topological polar surface area (TPSA) is 26.0 Å². The third-order valence-corrected chi connectivity index (χ3v) is 2.99. The fourth-order valence-electron chi connectivity index (χ4n) is 1.51. The van der Waals surface area contributed by atoms with Crippen LogP contribution in [0.1, 0.15) is 31.9 Å². The summed E-state index contributed by atoms with van der Waals surface area (Å²) < 4.78 is 13.5. The maximum Gasteiger partial charge on any atom is 0.129 e. The highest BCUT2D eigenvalue weighted by atomic mass is 35.5. The van der Waals surface area contributed by atoms with Crippen LogP contribution in [0.25, 0.3) is 0 Å². The summed E-state index contributed by atoms with van der Waals surface area (Å²) in [5, 5.41) is 0.567. The van der Waals surface area contributed by atoms with E-state index in [-0.39, 0.29) is 17.4 Å². The Morgan fingerprint density at radius 1 is 1.31 bits per heavy atom. The second-order valence-corrected chi connectivity index (χ2v) is 4.78. The Morgan fingerprint density at radius 2 is 1.88 bits per heavy atom. The maximum atomic E-state index is 13.5. The predicted octanol–water partition coefficient (Wildman–Crippen LogP) is 4.60. The van der Waals surface area contributed by atoms with Gasteiger partial charge in [0.1, 0.15) is 5.82 Å². The number of nitrogens with two attached hydrogens (primary N) is 1. The van der Waals surface area contributed by atoms with Crippen LogP contribution in [0, 0.1) is 11.7 Å². The summed E-state index contributed by atoms with van der Waals surface area (Å²) in [6.45, 7) is 4.05. The molecule has 0 saturated heterocycles. The van der Waals surface area contributed by atoms with Gasteiger partial charge in [0.25, 0.3) is 0 Å². The first-order valence-corrected chi connectivity index (χ1v) is 5.58. The molecular weight excluding hydrogens is 271 g/mol. The molecule has 0 spiro atoms. The molecule has 1 rings (SSSR count). The van der Waals surface area contributed by atoms with Crippen LogP contribution in [0.5, 0.6) is 0 Å². The lowest BCUT2D eigenvalue weighted by molar-refractivity contribution is 0.489. The first-order valence-electron chi connectivity index (χ1n) is 4.82. The Bertz CT molecular complexity index is 355. The van der Waals surface area contributed by atoms with Crippen molar-refractivity contribution in [3.8, 4) is 0 Å². The van der Waals surface area contributed by atoms with E-state index in [1.54, 1.807) is 0 Å². The lowest BCUT2D eigenvalue weighted by Crippen LogP contribution is -2.15. The molecule has 92 valence electrons. The normalized spacial score (nSPS) is 12.4. The first kappa shape index (κ1) is 16.0. The number of hydrogen-bond donors (Lipinski definition) is 1. The van der Waals surface area contributed by atoms with Crippen molar-refractivity contribution < 1.29 is 4.39 Å². The average Bonchev–Trinajstić information content (AvgIpc) is 2.11. The molecule has 0 fully saturated rings. The smallest absolute Gasteiger partial charge is 0.129 e. The molecule has 5 heteroatoms. The Morgan fingerprint density at radius 3 is 2.38 bits per heavy atom. The van der Waals surface area contributed by atoms with E-state index in [4.69, 9.17) is 28.9 Å². The summed E-state index contributed by atoms with van der Waals surface area (Å²) in [6, 6.07) is 2.32. The van der Waals surface area contributed by atoms with Gasteiger partial charge in [-0.1, -0.05) is 37.0 Å². The van der Waals surface area contributed by atoms with Crippen LogP contribution in [-0.2, 0) is 0 Å². The molecule has 0 aliphatic rings. The molecule has 1 nitrogen and oxygen atoms in total. The van der Waals surface area contributed by atoms with E-state index >= 15 is 0 Å². The van der Waals surface area contributed by atoms with Crippen LogP contribution in [0.2, 0.25) is 10.0 Å². The standard InChI is InChI=1S/C11H14Cl2FN.ClH/c1-6(2)5-9(15)10-8(14)4-3-7(12)11(10)13;/h3-4,6,9H,5,15H2,1-2H3;1H/t9-;/m1./s1. The molecule has 0 radical (unpaired) electrons. The van der Waals surface area contributed by atoms with Gasteiger partial charge in [-0.15, -0.1) is 12.4 Å². The number of hydrogen-bond acceptors (Lipinski definition) is 1. The van der Waals surface area contributed by atoms with Gasteiger partial charge in [-0.25, -0.2) is 4.39 Å². The Kier molecular flexibility index (Phi) is 6.64. The van der Waals surface area contributed by atoms with Crippen molar-refractivity contribution in [1.29, 1.82) is 0 Å². The molecule has 0 saturated carbocycles. The fourth-order valence-corrected chi connectivity index (χ4v) is 1.97. The minimum Gasteiger partial charge on any atom is -0.324 e. The summed E-state index contributed by atoms with van der Waals surface area (Å²) in [5.74, 6) is -0.00741. The monoisotopic (exact) mass is 285 g/mol. The highest BCUT2D eigenvalue weighted by Crippen LogP contribution is 2.33. The van der Waals surface area contributed by atoms with Crippen LogP contribution in [-0.4, -0.2) is 0 Å². The van der Waals surface area contributed by atoms with Crippen LogP contribution < -0.4 is 5.73 Å². The molecule has 0 bridgehead atoms. The van der Waals surface area contributed by atoms with Crippen molar-refractivity contribution in [2.24, 2.45) is 11.7 Å². The molecule has 0 aromatic heterocycles. The maximum absolute atomic E-state index is 13.5. The lowest BCUT2D eigenvalue weighted by Gasteiger charge is -2.17. The Balaban J connectivity index is 0.00000225. The quantitative estimate of drug-likeness (QED) is 0.807. The van der Waals surface area contributed by atoms with E-state index in [1.807, 2.05) is 13.8 Å². The second-order valence-electron chi connectivity index (χ2n) is 3.99. The molecule has 0 unspecified atom stereocenters. The van der Waals surface area contributed by atoms with Gasteiger partial charge in [0, 0.05) is 11.6 Å². The predicted molar refractivity (Wildman–Crippen MR) is 70.1 cm³/mol. The summed E-state index contributed by atoms with van der Waals surface area (Å²) >= 11 is 11.7. The van der Waals surface area contributed by atoms with Gasteiger partial charge in [-0.2, -0.15) is 0 Å². The van der Waals surface area contributed by atoms with Crippen molar-refractivity contribution in [1.82, 2.24) is 0 Å². The van der Waals surface area contributed by atoms with Crippen LogP contribution >= 0.6 is 35.6 Å². The van der Waals surface area contributed by atoms with Crippen molar-refractivity contribution >= 4 is 35.6 Å². The number of halogens is 4. The SMILES string of the molecule is CC(C)C[C@@H](N)c1c(F)ccc(Cl)c1Cl.Cl. The highest BCUT2D eigenvalue weighted by Gasteiger charge is 2.18. The lowest BCUT2D eigenvalue weighted by atomic mass is 9.97. The largest absolute Gasteiger partial charge is 0.324 e. The van der Waals surface area contributed by atoms with Gasteiger partial charge >= 0.3 is 0 Å². The molecule has 1 aromatic carbocycles. The van der Waals surface area contributed by atoms with Crippen molar-refractivity contribution in [2.75, 3.05) is 0 Å². The molecule has 0 aliphatic heterocycles. The highest BCUT2D eigenvalue weighted by molar-refractivity contribution is 6.42. The molecule has 0 aliphatic carbocycles. The molecule has 1 atom stereocenters. The third-order valence-electron chi connectivity index (χ3n) is 2.18. The van der Waals surface area contributed by atoms with Crippen molar-refractivity contribution in [3.63, 3.8) is 0 Å². The van der Waals surface area contributed by atoms with Crippen molar-refractivity contribution in [2.45, 2.75) is 26.3 Å². The zero-order valence-electron chi connectivity index (χ0n) is 9.14. The molecule has 2 N–H and O–H groups in total. The fraction of sp³-hybridized carbons (Fsp3) is 0.455. The van der Waals surface area contributed by atoms with Crippen LogP contribution in [0.4, 0.5) is 4.39 Å². The summed E-state index contributed by atoms with van der Waals surface area (Å²) in [6.07, 6.45) is 0.678. The minimum atomic E-state index is -0.406. The van der Waals surface area contributed by atoms with Crippen LogP contribution in [0.15, 0.2) is 12.1 Å². The van der Waals surface area contributed by atoms with E-state index in [2.05, 4.69) is 0 Å². The van der Waals surface area contributed by atoms with Crippen LogP contribution in [0.3, 0.4) is 0 Å². The molecule has 1 aromatic rings. The van der Waals surface area contributed by atoms with Gasteiger partial charge in [-0.3, -0.25) is 0 Å². The summed E-state index contributed by atoms with van der Waals surface area (Å²) in [4.78, 5) is 0. The summed E-state index contributed by atoms with van der Waals surface area (Å²) in [7, 11) is 0. The third kappa shape index (κ3) is 3.77. The summed E-state index contributed by atoms with van der Waals surface area (Å²) in [5.41, 5.74) is 6.20. The Hall–Kier alpha value is -0.0200. The second kappa shape index (κ2) is 6.65. The molecular formula is C11H15Cl3FN. The van der Waals surface area contributed by atoms with Gasteiger partial charge < -0.3 is 5.73 Å². The van der Waals surface area contributed by atoms with Gasteiger partial charge in [0.2, 0.25) is 0 Å². The molecule has 0 amide bonds. The van der Waals surface area contributed by atoms with E-state index in [0.29, 0.717) is 22.9 Å². The van der Waals surface area contributed by atoms with Crippen molar-refractivity contribution in [3.05, 3.63) is 33.6 Å². The van der Waals surface area contributed by atoms with Gasteiger partial charge in [-0.05, 0) is 24.5 Å². The molecule has 16 heavy (non-hydrogen) atoms. The van der Waals surface area contributed by atoms with E-state index < -0.39 is 11.9 Å². The minimum absolute atomic E-state index is 0. The Labute approximate surface area is 112 Å². The number of benzene rings is 1. The van der Waals surface area contributed by atoms with Gasteiger partial charge in [0.15, 0.2) is 0 Å².